The Kier molecular flexibility index (Phi) is 4.24. The number of hydrogen-bond acceptors (Lipinski definition) is 5. The van der Waals surface area contributed by atoms with Gasteiger partial charge in [0.15, 0.2) is 5.69 Å². The summed E-state index contributed by atoms with van der Waals surface area (Å²) >= 11 is 6.62. The summed E-state index contributed by atoms with van der Waals surface area (Å²) in [5.41, 5.74) is 0.184. The maximum absolute atomic E-state index is 13.5. The van der Waals surface area contributed by atoms with Gasteiger partial charge in [-0.05, 0) is 30.3 Å². The molecule has 0 radical (unpaired) electrons. The summed E-state index contributed by atoms with van der Waals surface area (Å²) < 4.78 is 45.7. The van der Waals surface area contributed by atoms with Crippen LogP contribution in [0.25, 0.3) is 10.9 Å². The Morgan fingerprint density at radius 3 is 2.71 bits per heavy atom. The normalized spacial score (nSPS) is 11.6. The van der Waals surface area contributed by atoms with Crippen LogP contribution in [-0.2, 0) is 14.8 Å². The first-order chi connectivity index (χ1) is 11.3. The third kappa shape index (κ3) is 2.97. The zero-order valence-electron chi connectivity index (χ0n) is 12.1. The first-order valence-electron chi connectivity index (χ1n) is 6.49. The van der Waals surface area contributed by atoms with Crippen molar-refractivity contribution < 1.29 is 22.3 Å². The number of H-pyrrole nitrogens is 1. The van der Waals surface area contributed by atoms with E-state index in [0.29, 0.717) is 9.85 Å². The molecule has 2 heterocycles. The van der Waals surface area contributed by atoms with Crippen LogP contribution in [0.15, 0.2) is 34.5 Å². The fourth-order valence-electron chi connectivity index (χ4n) is 2.15. The number of anilines is 1. The smallest absolute Gasteiger partial charge is 0.356 e. The van der Waals surface area contributed by atoms with Gasteiger partial charge in [0.1, 0.15) is 10.0 Å². The molecule has 0 amide bonds. The number of hydrogen-bond donors (Lipinski definition) is 2. The predicted octanol–water partition coefficient (Wildman–Crippen LogP) is 3.61. The number of rotatable bonds is 4. The number of nitrogens with one attached hydrogen (secondary N) is 2. The summed E-state index contributed by atoms with van der Waals surface area (Å²) in [7, 11) is -2.84. The Labute approximate surface area is 145 Å². The number of thiophene rings is 1. The number of carbonyl (C=O) groups excluding carboxylic acids is 1. The highest BCUT2D eigenvalue weighted by Crippen LogP contribution is 2.33. The maximum Gasteiger partial charge on any atom is 0.356 e. The molecule has 3 rings (SSSR count). The quantitative estimate of drug-likeness (QED) is 0.668. The van der Waals surface area contributed by atoms with Crippen molar-refractivity contribution in [2.24, 2.45) is 0 Å². The number of sulfonamides is 1. The van der Waals surface area contributed by atoms with Gasteiger partial charge in [0.2, 0.25) is 0 Å². The number of halogens is 2. The van der Waals surface area contributed by atoms with E-state index < -0.39 is 21.8 Å². The van der Waals surface area contributed by atoms with Crippen molar-refractivity contribution in [3.8, 4) is 0 Å². The van der Waals surface area contributed by atoms with Crippen molar-refractivity contribution in [3.05, 3.63) is 46.2 Å². The molecule has 0 aliphatic rings. The number of fused-ring (bicyclic) bond motifs is 1. The van der Waals surface area contributed by atoms with Crippen LogP contribution in [0, 0.1) is 5.82 Å². The number of esters is 1. The average molecular weight is 389 g/mol. The van der Waals surface area contributed by atoms with Crippen molar-refractivity contribution in [2.75, 3.05) is 11.8 Å². The highest BCUT2D eigenvalue weighted by atomic mass is 35.5. The molecular weight excluding hydrogens is 379 g/mol. The first-order valence-corrected chi connectivity index (χ1v) is 9.17. The van der Waals surface area contributed by atoms with E-state index in [1.807, 2.05) is 0 Å². The summed E-state index contributed by atoms with van der Waals surface area (Å²) in [6.45, 7) is 0. The van der Waals surface area contributed by atoms with E-state index in [2.05, 4.69) is 14.4 Å². The van der Waals surface area contributed by atoms with Gasteiger partial charge in [-0.3, -0.25) is 4.72 Å². The monoisotopic (exact) mass is 388 g/mol. The van der Waals surface area contributed by atoms with Crippen LogP contribution in [0.2, 0.25) is 4.34 Å². The van der Waals surface area contributed by atoms with Crippen LogP contribution in [0.3, 0.4) is 0 Å². The van der Waals surface area contributed by atoms with Gasteiger partial charge in [0.25, 0.3) is 10.0 Å². The first kappa shape index (κ1) is 16.7. The summed E-state index contributed by atoms with van der Waals surface area (Å²) in [5, 5.41) is 0.210. The number of aromatic amines is 1. The Morgan fingerprint density at radius 2 is 2.08 bits per heavy atom. The van der Waals surface area contributed by atoms with Gasteiger partial charge in [-0.15, -0.1) is 11.3 Å². The van der Waals surface area contributed by atoms with Gasteiger partial charge in [-0.25, -0.2) is 17.6 Å². The van der Waals surface area contributed by atoms with E-state index >= 15 is 0 Å². The SMILES string of the molecule is COC(=O)c1[nH]c2ccc(F)cc2c1NS(=O)(=O)c1ccc(Cl)s1. The molecule has 0 saturated heterocycles. The minimum absolute atomic E-state index is 0.0333. The molecule has 24 heavy (non-hydrogen) atoms. The highest BCUT2D eigenvalue weighted by Gasteiger charge is 2.25. The van der Waals surface area contributed by atoms with Crippen LogP contribution >= 0.6 is 22.9 Å². The van der Waals surface area contributed by atoms with Crippen molar-refractivity contribution in [1.82, 2.24) is 4.98 Å². The molecule has 0 aliphatic carbocycles. The second-order valence-corrected chi connectivity index (χ2v) is 8.34. The zero-order valence-corrected chi connectivity index (χ0v) is 14.5. The molecule has 0 unspecified atom stereocenters. The average Bonchev–Trinajstić information content (AvgIpc) is 3.11. The van der Waals surface area contributed by atoms with Crippen molar-refractivity contribution in [1.29, 1.82) is 0 Å². The van der Waals surface area contributed by atoms with Crippen LogP contribution in [0.4, 0.5) is 10.1 Å². The fraction of sp³-hybridized carbons (Fsp3) is 0.0714. The van der Waals surface area contributed by atoms with Crippen molar-refractivity contribution in [2.45, 2.75) is 4.21 Å². The fourth-order valence-corrected chi connectivity index (χ4v) is 4.73. The van der Waals surface area contributed by atoms with Crippen molar-refractivity contribution >= 4 is 55.5 Å². The zero-order chi connectivity index (χ0) is 17.5. The third-order valence-electron chi connectivity index (χ3n) is 3.20. The predicted molar refractivity (Wildman–Crippen MR) is 89.7 cm³/mol. The molecule has 2 aromatic heterocycles. The molecule has 0 atom stereocenters. The van der Waals surface area contributed by atoms with Gasteiger partial charge in [-0.2, -0.15) is 0 Å². The summed E-state index contributed by atoms with van der Waals surface area (Å²) in [6, 6.07) is 6.49. The summed E-state index contributed by atoms with van der Waals surface area (Å²) in [5.74, 6) is -1.36. The van der Waals surface area contributed by atoms with E-state index in [1.54, 1.807) is 0 Å². The Balaban J connectivity index is 2.16. The van der Waals surface area contributed by atoms with Crippen LogP contribution < -0.4 is 4.72 Å². The van der Waals surface area contributed by atoms with Gasteiger partial charge in [0.05, 0.1) is 17.1 Å². The lowest BCUT2D eigenvalue weighted by Crippen LogP contribution is -2.14. The molecule has 10 heteroatoms. The molecule has 0 aliphatic heterocycles. The minimum atomic E-state index is -4.00. The molecule has 6 nitrogen and oxygen atoms in total. The molecule has 0 fully saturated rings. The van der Waals surface area contributed by atoms with E-state index in [1.165, 1.54) is 24.3 Å². The molecule has 2 N–H and O–H groups in total. The largest absolute Gasteiger partial charge is 0.464 e. The number of carbonyl (C=O) groups is 1. The molecule has 0 saturated carbocycles. The lowest BCUT2D eigenvalue weighted by Gasteiger charge is -2.07. The molecule has 0 spiro atoms. The molecule has 0 bridgehead atoms. The Hall–Kier alpha value is -2.10. The van der Waals surface area contributed by atoms with Gasteiger partial charge >= 0.3 is 5.97 Å². The van der Waals surface area contributed by atoms with Crippen LogP contribution in [-0.4, -0.2) is 26.5 Å². The molecule has 126 valence electrons. The second-order valence-electron chi connectivity index (χ2n) is 4.72. The lowest BCUT2D eigenvalue weighted by atomic mass is 10.2. The number of methoxy groups -OCH3 is 1. The van der Waals surface area contributed by atoms with E-state index in [-0.39, 0.29) is 21.0 Å². The molecular formula is C14H10ClFN2O4S2. The molecule has 1 aromatic carbocycles. The Bertz CT molecular complexity index is 1040. The van der Waals surface area contributed by atoms with Crippen LogP contribution in [0.1, 0.15) is 10.5 Å². The van der Waals surface area contributed by atoms with E-state index in [4.69, 9.17) is 11.6 Å². The minimum Gasteiger partial charge on any atom is -0.464 e. The van der Waals surface area contributed by atoms with Crippen LogP contribution in [0.5, 0.6) is 0 Å². The maximum atomic E-state index is 13.5. The van der Waals surface area contributed by atoms with Gasteiger partial charge in [0, 0.05) is 10.9 Å². The van der Waals surface area contributed by atoms with E-state index in [0.717, 1.165) is 24.5 Å². The molecule has 3 aromatic rings. The standard InChI is InChI=1S/C14H10ClFN2O4S2/c1-22-14(19)13-12(8-6-7(16)2-3-9(8)17-13)18-24(20,21)11-5-4-10(15)23-11/h2-6,17-18H,1H3. The third-order valence-corrected chi connectivity index (χ3v) is 6.27. The number of aromatic nitrogens is 1. The van der Waals surface area contributed by atoms with E-state index in [9.17, 15) is 17.6 Å². The van der Waals surface area contributed by atoms with Crippen molar-refractivity contribution in [3.63, 3.8) is 0 Å². The summed E-state index contributed by atoms with van der Waals surface area (Å²) in [6.07, 6.45) is 0. The number of ether oxygens (including phenoxy) is 1. The Morgan fingerprint density at radius 1 is 1.33 bits per heavy atom. The lowest BCUT2D eigenvalue weighted by molar-refractivity contribution is 0.0596. The number of benzene rings is 1. The topological polar surface area (TPSA) is 88.3 Å². The highest BCUT2D eigenvalue weighted by molar-refractivity contribution is 7.94. The summed E-state index contributed by atoms with van der Waals surface area (Å²) in [4.78, 5) is 14.6. The second kappa shape index (κ2) is 6.08. The van der Waals surface area contributed by atoms with Gasteiger partial charge in [-0.1, -0.05) is 11.6 Å². The van der Waals surface area contributed by atoms with Gasteiger partial charge < -0.3 is 9.72 Å².